The fourth-order valence-electron chi connectivity index (χ4n) is 4.16. The fourth-order valence-corrected chi connectivity index (χ4v) is 4.16. The molecule has 3 aromatic rings. The lowest BCUT2D eigenvalue weighted by Gasteiger charge is -2.32. The van der Waals surface area contributed by atoms with Crippen LogP contribution in [0.25, 0.3) is 11.1 Å². The standard InChI is InChI=1S/C26H29N3O/c1-20-7-5-11-25(28-20)19-29-16-6-8-21(18-29)17-27-26(30)24-14-12-23(13-15-24)22-9-3-2-4-10-22/h2-5,7,9-15,21H,6,8,16-19H2,1H3,(H,27,30). The summed E-state index contributed by atoms with van der Waals surface area (Å²) in [5.41, 5.74) is 5.19. The van der Waals surface area contributed by atoms with Gasteiger partial charge >= 0.3 is 0 Å². The molecule has 1 amide bonds. The van der Waals surface area contributed by atoms with E-state index in [1.807, 2.05) is 55.5 Å². The van der Waals surface area contributed by atoms with Crippen molar-refractivity contribution in [1.82, 2.24) is 15.2 Å². The van der Waals surface area contributed by atoms with Crippen LogP contribution in [0, 0.1) is 12.8 Å². The highest BCUT2D eigenvalue weighted by atomic mass is 16.1. The molecule has 30 heavy (non-hydrogen) atoms. The molecule has 1 unspecified atom stereocenters. The molecule has 1 aliphatic rings. The number of aromatic nitrogens is 1. The molecule has 0 radical (unpaired) electrons. The van der Waals surface area contributed by atoms with Crippen LogP contribution < -0.4 is 5.32 Å². The van der Waals surface area contributed by atoms with Crippen LogP contribution in [-0.4, -0.2) is 35.4 Å². The zero-order valence-electron chi connectivity index (χ0n) is 17.6. The van der Waals surface area contributed by atoms with E-state index in [-0.39, 0.29) is 5.91 Å². The van der Waals surface area contributed by atoms with Crippen molar-refractivity contribution >= 4 is 5.91 Å². The molecule has 1 N–H and O–H groups in total. The van der Waals surface area contributed by atoms with E-state index in [9.17, 15) is 4.79 Å². The Bertz CT molecular complexity index is 969. The molecule has 2 aromatic carbocycles. The van der Waals surface area contributed by atoms with Crippen molar-refractivity contribution in [3.63, 3.8) is 0 Å². The van der Waals surface area contributed by atoms with E-state index in [1.165, 1.54) is 0 Å². The lowest BCUT2D eigenvalue weighted by atomic mass is 9.97. The lowest BCUT2D eigenvalue weighted by molar-refractivity contribution is 0.0930. The number of amides is 1. The van der Waals surface area contributed by atoms with Gasteiger partial charge < -0.3 is 5.32 Å². The van der Waals surface area contributed by atoms with Crippen molar-refractivity contribution in [1.29, 1.82) is 0 Å². The van der Waals surface area contributed by atoms with Crippen LogP contribution in [0.15, 0.2) is 72.8 Å². The van der Waals surface area contributed by atoms with Crippen molar-refractivity contribution in [3.05, 3.63) is 89.7 Å². The predicted molar refractivity (Wildman–Crippen MR) is 121 cm³/mol. The zero-order chi connectivity index (χ0) is 20.8. The molecule has 1 aliphatic heterocycles. The Kier molecular flexibility index (Phi) is 6.55. The Morgan fingerprint density at radius 3 is 2.53 bits per heavy atom. The zero-order valence-corrected chi connectivity index (χ0v) is 17.6. The number of hydrogen-bond donors (Lipinski definition) is 1. The van der Waals surface area contributed by atoms with Crippen molar-refractivity contribution in [2.75, 3.05) is 19.6 Å². The number of likely N-dealkylation sites (tertiary alicyclic amines) is 1. The minimum absolute atomic E-state index is 0.00656. The van der Waals surface area contributed by atoms with Gasteiger partial charge in [-0.15, -0.1) is 0 Å². The third kappa shape index (κ3) is 5.33. The maximum absolute atomic E-state index is 12.6. The number of carbonyl (C=O) groups excluding carboxylic acids is 1. The van der Waals surface area contributed by atoms with Crippen LogP contribution in [0.1, 0.15) is 34.6 Å². The molecule has 0 aliphatic carbocycles. The summed E-state index contributed by atoms with van der Waals surface area (Å²) in [7, 11) is 0. The van der Waals surface area contributed by atoms with Crippen LogP contribution in [0.5, 0.6) is 0 Å². The number of rotatable bonds is 6. The van der Waals surface area contributed by atoms with Crippen LogP contribution >= 0.6 is 0 Å². The predicted octanol–water partition coefficient (Wildman–Crippen LogP) is 4.70. The van der Waals surface area contributed by atoms with Gasteiger partial charge in [-0.25, -0.2) is 0 Å². The Morgan fingerprint density at radius 1 is 1.00 bits per heavy atom. The van der Waals surface area contributed by atoms with Gasteiger partial charge in [0.25, 0.3) is 5.91 Å². The van der Waals surface area contributed by atoms with Crippen molar-refractivity contribution < 1.29 is 4.79 Å². The first kappa shape index (κ1) is 20.3. The van der Waals surface area contributed by atoms with E-state index in [4.69, 9.17) is 0 Å². The van der Waals surface area contributed by atoms with Crippen LogP contribution in [0.4, 0.5) is 0 Å². The van der Waals surface area contributed by atoms with E-state index in [0.29, 0.717) is 11.5 Å². The first-order valence-corrected chi connectivity index (χ1v) is 10.8. The molecular weight excluding hydrogens is 370 g/mol. The van der Waals surface area contributed by atoms with Gasteiger partial charge in [-0.2, -0.15) is 0 Å². The van der Waals surface area contributed by atoms with Crippen molar-refractivity contribution in [2.45, 2.75) is 26.3 Å². The van der Waals surface area contributed by atoms with E-state index < -0.39 is 0 Å². The summed E-state index contributed by atoms with van der Waals surface area (Å²) < 4.78 is 0. The highest BCUT2D eigenvalue weighted by molar-refractivity contribution is 5.94. The molecule has 0 spiro atoms. The van der Waals surface area contributed by atoms with E-state index in [0.717, 1.165) is 61.5 Å². The second-order valence-electron chi connectivity index (χ2n) is 8.17. The summed E-state index contributed by atoms with van der Waals surface area (Å²) in [6, 6.07) is 24.3. The van der Waals surface area contributed by atoms with Crippen LogP contribution in [0.3, 0.4) is 0 Å². The highest BCUT2D eigenvalue weighted by Gasteiger charge is 2.21. The average molecular weight is 400 g/mol. The topological polar surface area (TPSA) is 45.2 Å². The maximum atomic E-state index is 12.6. The second kappa shape index (κ2) is 9.68. The second-order valence-corrected chi connectivity index (χ2v) is 8.17. The first-order valence-electron chi connectivity index (χ1n) is 10.8. The van der Waals surface area contributed by atoms with Gasteiger partial charge in [-0.3, -0.25) is 14.7 Å². The molecule has 0 bridgehead atoms. The Balaban J connectivity index is 1.29. The molecule has 154 valence electrons. The van der Waals surface area contributed by atoms with E-state index >= 15 is 0 Å². The minimum atomic E-state index is 0.00656. The van der Waals surface area contributed by atoms with Gasteiger partial charge in [0.2, 0.25) is 0 Å². The summed E-state index contributed by atoms with van der Waals surface area (Å²) in [6.45, 7) is 5.73. The third-order valence-corrected chi connectivity index (χ3v) is 5.74. The molecular formula is C26H29N3O. The minimum Gasteiger partial charge on any atom is -0.352 e. The van der Waals surface area contributed by atoms with Gasteiger partial charge in [-0.1, -0.05) is 48.5 Å². The molecule has 4 rings (SSSR count). The van der Waals surface area contributed by atoms with Gasteiger partial charge in [0.15, 0.2) is 0 Å². The normalized spacial score (nSPS) is 16.9. The van der Waals surface area contributed by atoms with Crippen molar-refractivity contribution in [2.24, 2.45) is 5.92 Å². The lowest BCUT2D eigenvalue weighted by Crippen LogP contribution is -2.40. The fraction of sp³-hybridized carbons (Fsp3) is 0.308. The van der Waals surface area contributed by atoms with Crippen LogP contribution in [-0.2, 0) is 6.54 Å². The number of hydrogen-bond acceptors (Lipinski definition) is 3. The molecule has 1 atom stereocenters. The van der Waals surface area contributed by atoms with Gasteiger partial charge in [0.05, 0.1) is 5.69 Å². The van der Waals surface area contributed by atoms with Gasteiger partial charge in [0, 0.05) is 30.9 Å². The SMILES string of the molecule is Cc1cccc(CN2CCCC(CNC(=O)c3ccc(-c4ccccc4)cc3)C2)n1. The molecule has 1 fully saturated rings. The average Bonchev–Trinajstić information content (AvgIpc) is 2.78. The number of piperidine rings is 1. The largest absolute Gasteiger partial charge is 0.352 e. The summed E-state index contributed by atoms with van der Waals surface area (Å²) >= 11 is 0. The Hall–Kier alpha value is -2.98. The maximum Gasteiger partial charge on any atom is 0.251 e. The number of nitrogens with zero attached hydrogens (tertiary/aromatic N) is 2. The first-order chi connectivity index (χ1) is 14.7. The molecule has 4 nitrogen and oxygen atoms in total. The monoisotopic (exact) mass is 399 g/mol. The number of benzene rings is 2. The summed E-state index contributed by atoms with van der Waals surface area (Å²) in [6.07, 6.45) is 2.32. The van der Waals surface area contributed by atoms with Gasteiger partial charge in [0.1, 0.15) is 0 Å². The Labute approximate surface area is 179 Å². The number of pyridine rings is 1. The molecule has 1 saturated heterocycles. The summed E-state index contributed by atoms with van der Waals surface area (Å²) in [5.74, 6) is 0.489. The smallest absolute Gasteiger partial charge is 0.251 e. The molecule has 1 aromatic heterocycles. The summed E-state index contributed by atoms with van der Waals surface area (Å²) in [5, 5.41) is 3.14. The molecule has 0 saturated carbocycles. The van der Waals surface area contributed by atoms with E-state index in [1.54, 1.807) is 0 Å². The van der Waals surface area contributed by atoms with Crippen molar-refractivity contribution in [3.8, 4) is 11.1 Å². The third-order valence-electron chi connectivity index (χ3n) is 5.74. The van der Waals surface area contributed by atoms with Gasteiger partial charge in [-0.05, 0) is 67.6 Å². The van der Waals surface area contributed by atoms with Crippen LogP contribution in [0.2, 0.25) is 0 Å². The quantitative estimate of drug-likeness (QED) is 0.653. The highest BCUT2D eigenvalue weighted by Crippen LogP contribution is 2.20. The van der Waals surface area contributed by atoms with E-state index in [2.05, 4.69) is 39.5 Å². The summed E-state index contributed by atoms with van der Waals surface area (Å²) in [4.78, 5) is 19.7. The number of carbonyl (C=O) groups is 1. The number of nitrogens with one attached hydrogen (secondary N) is 1. The molecule has 4 heteroatoms. The number of aryl methyl sites for hydroxylation is 1. The Morgan fingerprint density at radius 2 is 1.77 bits per heavy atom. The molecule has 2 heterocycles.